The monoisotopic (exact) mass is 339 g/mol. The van der Waals surface area contributed by atoms with Crippen molar-refractivity contribution in [3.05, 3.63) is 48.3 Å². The molecule has 6 nitrogen and oxygen atoms in total. The molecule has 2 heterocycles. The number of nitrogens with zero attached hydrogens (tertiary/aromatic N) is 4. The van der Waals surface area contributed by atoms with Crippen LogP contribution in [-0.4, -0.2) is 53.5 Å². The van der Waals surface area contributed by atoms with E-state index in [1.165, 1.54) is 5.56 Å². The van der Waals surface area contributed by atoms with Crippen LogP contribution in [0, 0.1) is 0 Å². The van der Waals surface area contributed by atoms with Crippen LogP contribution in [0.3, 0.4) is 0 Å². The highest BCUT2D eigenvalue weighted by Gasteiger charge is 2.19. The van der Waals surface area contributed by atoms with Crippen LogP contribution < -0.4 is 10.2 Å². The lowest BCUT2D eigenvalue weighted by Gasteiger charge is -2.34. The topological polar surface area (TPSA) is 61.4 Å². The molecule has 0 saturated carbocycles. The number of aromatic nitrogens is 2. The molecule has 6 heteroatoms. The Morgan fingerprint density at radius 1 is 1.08 bits per heavy atom. The minimum Gasteiger partial charge on any atom is -0.338 e. The van der Waals surface area contributed by atoms with Crippen molar-refractivity contribution in [2.45, 2.75) is 19.8 Å². The zero-order chi connectivity index (χ0) is 17.5. The maximum Gasteiger partial charge on any atom is 0.225 e. The molecule has 1 aromatic carbocycles. The van der Waals surface area contributed by atoms with Gasteiger partial charge < -0.3 is 10.2 Å². The third-order valence-electron chi connectivity index (χ3n) is 4.51. The molecule has 2 aromatic rings. The Morgan fingerprint density at radius 3 is 2.40 bits per heavy atom. The summed E-state index contributed by atoms with van der Waals surface area (Å²) in [5.41, 5.74) is 2.14. The standard InChI is InChI=1S/C19H25N5O/c1-2-16-4-6-17(7-5-16)22-18(25)8-11-23-12-14-24(15-13-23)19-20-9-3-10-21-19/h3-7,9-10H,2,8,11-15H2,1H3,(H,22,25). The summed E-state index contributed by atoms with van der Waals surface area (Å²) in [6, 6.07) is 9.87. The van der Waals surface area contributed by atoms with Gasteiger partial charge in [0, 0.05) is 57.2 Å². The highest BCUT2D eigenvalue weighted by molar-refractivity contribution is 5.90. The Kier molecular flexibility index (Phi) is 5.95. The predicted octanol–water partition coefficient (Wildman–Crippen LogP) is 2.19. The summed E-state index contributed by atoms with van der Waals surface area (Å²) in [5.74, 6) is 0.855. The molecular weight excluding hydrogens is 314 g/mol. The summed E-state index contributed by atoms with van der Waals surface area (Å²) in [6.07, 6.45) is 5.06. The van der Waals surface area contributed by atoms with E-state index in [-0.39, 0.29) is 5.91 Å². The largest absolute Gasteiger partial charge is 0.338 e. The van der Waals surface area contributed by atoms with Gasteiger partial charge in [-0.1, -0.05) is 19.1 Å². The van der Waals surface area contributed by atoms with Crippen molar-refractivity contribution < 1.29 is 4.79 Å². The molecule has 0 atom stereocenters. The molecule has 0 radical (unpaired) electrons. The number of hydrogen-bond acceptors (Lipinski definition) is 5. The minimum absolute atomic E-state index is 0.0677. The lowest BCUT2D eigenvalue weighted by atomic mass is 10.1. The van der Waals surface area contributed by atoms with Crippen molar-refractivity contribution in [2.75, 3.05) is 42.9 Å². The molecule has 3 rings (SSSR count). The maximum absolute atomic E-state index is 12.1. The summed E-state index contributed by atoms with van der Waals surface area (Å²) in [4.78, 5) is 25.2. The Labute approximate surface area is 148 Å². The first-order valence-corrected chi connectivity index (χ1v) is 8.87. The van der Waals surface area contributed by atoms with Gasteiger partial charge in [-0.05, 0) is 30.2 Å². The summed E-state index contributed by atoms with van der Waals surface area (Å²) >= 11 is 0. The normalized spacial score (nSPS) is 15.2. The van der Waals surface area contributed by atoms with Gasteiger partial charge in [-0.2, -0.15) is 0 Å². The van der Waals surface area contributed by atoms with Crippen molar-refractivity contribution in [3.8, 4) is 0 Å². The van der Waals surface area contributed by atoms with Crippen molar-refractivity contribution in [1.29, 1.82) is 0 Å². The fourth-order valence-electron chi connectivity index (χ4n) is 2.93. The fraction of sp³-hybridized carbons (Fsp3) is 0.421. The van der Waals surface area contributed by atoms with Gasteiger partial charge >= 0.3 is 0 Å². The molecule has 1 fully saturated rings. The summed E-state index contributed by atoms with van der Waals surface area (Å²) in [7, 11) is 0. The number of carbonyl (C=O) groups excluding carboxylic acids is 1. The van der Waals surface area contributed by atoms with Crippen molar-refractivity contribution in [3.63, 3.8) is 0 Å². The highest BCUT2D eigenvalue weighted by atomic mass is 16.1. The molecule has 0 spiro atoms. The first kappa shape index (κ1) is 17.4. The van der Waals surface area contributed by atoms with Gasteiger partial charge in [-0.3, -0.25) is 9.69 Å². The maximum atomic E-state index is 12.1. The van der Waals surface area contributed by atoms with E-state index in [1.807, 2.05) is 18.2 Å². The first-order chi connectivity index (χ1) is 12.2. The zero-order valence-corrected chi connectivity index (χ0v) is 14.7. The van der Waals surface area contributed by atoms with Crippen LogP contribution in [0.4, 0.5) is 11.6 Å². The number of piperazine rings is 1. The Hall–Kier alpha value is -2.47. The average molecular weight is 339 g/mol. The quantitative estimate of drug-likeness (QED) is 0.874. The van der Waals surface area contributed by atoms with Crippen LogP contribution in [-0.2, 0) is 11.2 Å². The molecule has 1 amide bonds. The number of benzene rings is 1. The molecule has 0 bridgehead atoms. The molecule has 1 aromatic heterocycles. The van der Waals surface area contributed by atoms with E-state index in [1.54, 1.807) is 12.4 Å². The van der Waals surface area contributed by atoms with Gasteiger partial charge in [0.2, 0.25) is 11.9 Å². The van der Waals surface area contributed by atoms with E-state index >= 15 is 0 Å². The van der Waals surface area contributed by atoms with Gasteiger partial charge in [0.15, 0.2) is 0 Å². The van der Waals surface area contributed by atoms with E-state index in [0.29, 0.717) is 6.42 Å². The second-order valence-corrected chi connectivity index (χ2v) is 6.23. The lowest BCUT2D eigenvalue weighted by molar-refractivity contribution is -0.116. The van der Waals surface area contributed by atoms with Crippen LogP contribution in [0.25, 0.3) is 0 Å². The SMILES string of the molecule is CCc1ccc(NC(=O)CCN2CCN(c3ncccn3)CC2)cc1. The number of rotatable bonds is 6. The summed E-state index contributed by atoms with van der Waals surface area (Å²) in [5, 5.41) is 2.97. The van der Waals surface area contributed by atoms with E-state index in [2.05, 4.69) is 44.1 Å². The van der Waals surface area contributed by atoms with Gasteiger partial charge in [0.05, 0.1) is 0 Å². The van der Waals surface area contributed by atoms with Gasteiger partial charge in [0.25, 0.3) is 0 Å². The molecule has 0 unspecified atom stereocenters. The number of carbonyl (C=O) groups is 1. The third-order valence-corrected chi connectivity index (χ3v) is 4.51. The third kappa shape index (κ3) is 5.00. The van der Waals surface area contributed by atoms with Crippen molar-refractivity contribution >= 4 is 17.5 Å². The van der Waals surface area contributed by atoms with Gasteiger partial charge in [0.1, 0.15) is 0 Å². The predicted molar refractivity (Wildman–Crippen MR) is 99.8 cm³/mol. The van der Waals surface area contributed by atoms with Crippen LogP contribution in [0.1, 0.15) is 18.9 Å². The average Bonchev–Trinajstić information content (AvgIpc) is 2.68. The van der Waals surface area contributed by atoms with Crippen LogP contribution in [0.15, 0.2) is 42.7 Å². The van der Waals surface area contributed by atoms with Crippen molar-refractivity contribution in [1.82, 2.24) is 14.9 Å². The smallest absolute Gasteiger partial charge is 0.225 e. The minimum atomic E-state index is 0.0677. The number of nitrogens with one attached hydrogen (secondary N) is 1. The van der Waals surface area contributed by atoms with Crippen LogP contribution in [0.5, 0.6) is 0 Å². The molecule has 1 aliphatic heterocycles. The summed E-state index contributed by atoms with van der Waals surface area (Å²) < 4.78 is 0. The van der Waals surface area contributed by atoms with Crippen molar-refractivity contribution in [2.24, 2.45) is 0 Å². The molecule has 0 aliphatic carbocycles. The van der Waals surface area contributed by atoms with Gasteiger partial charge in [-0.15, -0.1) is 0 Å². The second kappa shape index (κ2) is 8.58. The second-order valence-electron chi connectivity index (χ2n) is 6.23. The molecule has 132 valence electrons. The number of hydrogen-bond donors (Lipinski definition) is 1. The Balaban J connectivity index is 1.39. The fourth-order valence-corrected chi connectivity index (χ4v) is 2.93. The molecule has 25 heavy (non-hydrogen) atoms. The Morgan fingerprint density at radius 2 is 1.76 bits per heavy atom. The van der Waals surface area contributed by atoms with E-state index < -0.39 is 0 Å². The molecular formula is C19H25N5O. The highest BCUT2D eigenvalue weighted by Crippen LogP contribution is 2.12. The summed E-state index contributed by atoms with van der Waals surface area (Å²) in [6.45, 7) is 6.54. The Bertz CT molecular complexity index is 666. The van der Waals surface area contributed by atoms with E-state index in [0.717, 1.165) is 50.8 Å². The zero-order valence-electron chi connectivity index (χ0n) is 14.7. The number of anilines is 2. The lowest BCUT2D eigenvalue weighted by Crippen LogP contribution is -2.47. The number of amides is 1. The van der Waals surface area contributed by atoms with E-state index in [9.17, 15) is 4.79 Å². The van der Waals surface area contributed by atoms with Crippen LogP contribution in [0.2, 0.25) is 0 Å². The molecule has 1 N–H and O–H groups in total. The van der Waals surface area contributed by atoms with Crippen LogP contribution >= 0.6 is 0 Å². The molecule has 1 saturated heterocycles. The molecule has 1 aliphatic rings. The van der Waals surface area contributed by atoms with E-state index in [4.69, 9.17) is 0 Å². The number of aryl methyl sites for hydroxylation is 1. The van der Waals surface area contributed by atoms with Gasteiger partial charge in [-0.25, -0.2) is 9.97 Å². The first-order valence-electron chi connectivity index (χ1n) is 8.87.